The minimum absolute atomic E-state index is 0.103. The molecule has 1 unspecified atom stereocenters. The molecule has 0 aliphatic heterocycles. The average Bonchev–Trinajstić information content (AvgIpc) is 1.67. The summed E-state index contributed by atoms with van der Waals surface area (Å²) in [5.74, 6) is 0. The lowest BCUT2D eigenvalue weighted by molar-refractivity contribution is 0.0205. The van der Waals surface area contributed by atoms with Gasteiger partial charge in [0.05, 0.1) is 5.60 Å². The monoisotopic (exact) mass is 132 g/mol. The van der Waals surface area contributed by atoms with Crippen molar-refractivity contribution in [2.45, 2.75) is 31.9 Å². The molecule has 0 radical (unpaired) electrons. The molecule has 0 heterocycles. The summed E-state index contributed by atoms with van der Waals surface area (Å²) in [5.41, 5.74) is 0.833. The van der Waals surface area contributed by atoms with Crippen molar-refractivity contribution >= 4 is 10.2 Å². The molecule has 0 aliphatic rings. The zero-order valence-corrected chi connectivity index (χ0v) is 8.49. The van der Waals surface area contributed by atoms with Gasteiger partial charge in [0.2, 0.25) is 0 Å². The SMILES string of the molecule is COC(C)(C)C(C)[SiH3]. The maximum atomic E-state index is 5.23. The van der Waals surface area contributed by atoms with Gasteiger partial charge in [-0.15, -0.1) is 0 Å². The molecule has 0 saturated heterocycles. The molecule has 0 saturated carbocycles. The Morgan fingerprint density at radius 2 is 1.88 bits per heavy atom. The zero-order chi connectivity index (χ0) is 6.78. The van der Waals surface area contributed by atoms with Crippen LogP contribution in [0, 0.1) is 0 Å². The normalized spacial score (nSPS) is 16.5. The highest BCUT2D eigenvalue weighted by Crippen LogP contribution is 2.21. The van der Waals surface area contributed by atoms with Crippen LogP contribution in [0.25, 0.3) is 0 Å². The van der Waals surface area contributed by atoms with Crippen LogP contribution < -0.4 is 0 Å². The lowest BCUT2D eigenvalue weighted by atomic mass is 10.1. The van der Waals surface area contributed by atoms with E-state index in [0.29, 0.717) is 0 Å². The summed E-state index contributed by atoms with van der Waals surface area (Å²) < 4.78 is 5.23. The number of ether oxygens (including phenoxy) is 1. The third kappa shape index (κ3) is 1.97. The molecule has 1 atom stereocenters. The topological polar surface area (TPSA) is 9.23 Å². The number of hydrogen-bond acceptors (Lipinski definition) is 1. The number of rotatable bonds is 2. The number of hydrogen-bond donors (Lipinski definition) is 0. The third-order valence-electron chi connectivity index (χ3n) is 1.92. The highest BCUT2D eigenvalue weighted by Gasteiger charge is 2.20. The van der Waals surface area contributed by atoms with Gasteiger partial charge in [0, 0.05) is 17.4 Å². The van der Waals surface area contributed by atoms with Crippen molar-refractivity contribution in [3.8, 4) is 0 Å². The van der Waals surface area contributed by atoms with Crippen LogP contribution in [0.4, 0.5) is 0 Å². The van der Waals surface area contributed by atoms with E-state index in [-0.39, 0.29) is 5.60 Å². The summed E-state index contributed by atoms with van der Waals surface area (Å²) in [6, 6.07) is 0. The van der Waals surface area contributed by atoms with Gasteiger partial charge >= 0.3 is 0 Å². The fourth-order valence-electron chi connectivity index (χ4n) is 0.236. The van der Waals surface area contributed by atoms with E-state index in [2.05, 4.69) is 20.8 Å². The molecule has 0 aromatic carbocycles. The van der Waals surface area contributed by atoms with Gasteiger partial charge in [-0.3, -0.25) is 0 Å². The second kappa shape index (κ2) is 2.64. The second-order valence-electron chi connectivity index (χ2n) is 2.96. The molecule has 0 N–H and O–H groups in total. The Bertz CT molecular complexity index is 68.9. The molecule has 8 heavy (non-hydrogen) atoms. The minimum atomic E-state index is 0.103. The zero-order valence-electron chi connectivity index (χ0n) is 6.49. The minimum Gasteiger partial charge on any atom is -0.379 e. The maximum Gasteiger partial charge on any atom is 0.0616 e. The van der Waals surface area contributed by atoms with Crippen molar-refractivity contribution < 1.29 is 4.74 Å². The Kier molecular flexibility index (Phi) is 2.70. The fraction of sp³-hybridized carbons (Fsp3) is 1.00. The molecule has 0 fully saturated rings. The summed E-state index contributed by atoms with van der Waals surface area (Å²) in [6.07, 6.45) is 0. The van der Waals surface area contributed by atoms with E-state index in [0.717, 1.165) is 5.54 Å². The fourth-order valence-corrected chi connectivity index (χ4v) is 0.471. The molecule has 0 bridgehead atoms. The summed E-state index contributed by atoms with van der Waals surface area (Å²) in [7, 11) is 2.98. The van der Waals surface area contributed by atoms with E-state index in [4.69, 9.17) is 4.74 Å². The van der Waals surface area contributed by atoms with Gasteiger partial charge in [0.15, 0.2) is 0 Å². The Morgan fingerprint density at radius 1 is 1.50 bits per heavy atom. The van der Waals surface area contributed by atoms with Crippen LogP contribution in [0.1, 0.15) is 20.8 Å². The van der Waals surface area contributed by atoms with Crippen LogP contribution in [0.3, 0.4) is 0 Å². The van der Waals surface area contributed by atoms with E-state index < -0.39 is 0 Å². The van der Waals surface area contributed by atoms with Gasteiger partial charge in [-0.25, -0.2) is 0 Å². The van der Waals surface area contributed by atoms with Gasteiger partial charge in [0.1, 0.15) is 0 Å². The van der Waals surface area contributed by atoms with Crippen LogP contribution in [-0.4, -0.2) is 23.0 Å². The first-order chi connectivity index (χ1) is 3.50. The molecule has 1 nitrogen and oxygen atoms in total. The molecule has 0 rings (SSSR count). The molecular weight excluding hydrogens is 116 g/mol. The van der Waals surface area contributed by atoms with Crippen molar-refractivity contribution in [3.05, 3.63) is 0 Å². The Morgan fingerprint density at radius 3 is 1.88 bits per heavy atom. The highest BCUT2D eigenvalue weighted by atomic mass is 28.1. The average molecular weight is 132 g/mol. The second-order valence-corrected chi connectivity index (χ2v) is 4.69. The molecule has 0 amide bonds. The molecular formula is C6H16OSi. The molecule has 50 valence electrons. The lowest BCUT2D eigenvalue weighted by Gasteiger charge is -2.27. The van der Waals surface area contributed by atoms with E-state index >= 15 is 0 Å². The Balaban J connectivity index is 3.71. The number of methoxy groups -OCH3 is 1. The summed E-state index contributed by atoms with van der Waals surface area (Å²) in [4.78, 5) is 0. The van der Waals surface area contributed by atoms with Crippen LogP contribution in [0.15, 0.2) is 0 Å². The van der Waals surface area contributed by atoms with Crippen molar-refractivity contribution in [3.63, 3.8) is 0 Å². The Hall–Kier alpha value is 0.177. The van der Waals surface area contributed by atoms with Gasteiger partial charge in [0.25, 0.3) is 0 Å². The first kappa shape index (κ1) is 8.18. The Labute approximate surface area is 54.8 Å². The molecule has 0 spiro atoms. The first-order valence-electron chi connectivity index (χ1n) is 3.06. The van der Waals surface area contributed by atoms with Crippen molar-refractivity contribution in [1.29, 1.82) is 0 Å². The summed E-state index contributed by atoms with van der Waals surface area (Å²) in [5, 5.41) is 0. The van der Waals surface area contributed by atoms with Gasteiger partial charge < -0.3 is 4.74 Å². The molecule has 0 aromatic heterocycles. The van der Waals surface area contributed by atoms with E-state index in [1.807, 2.05) is 0 Å². The van der Waals surface area contributed by atoms with Crippen molar-refractivity contribution in [2.75, 3.05) is 7.11 Å². The van der Waals surface area contributed by atoms with Crippen molar-refractivity contribution in [1.82, 2.24) is 0 Å². The maximum absolute atomic E-state index is 5.23. The van der Waals surface area contributed by atoms with Crippen LogP contribution in [0.2, 0.25) is 5.54 Å². The summed E-state index contributed by atoms with van der Waals surface area (Å²) >= 11 is 0. The highest BCUT2D eigenvalue weighted by molar-refractivity contribution is 6.12. The van der Waals surface area contributed by atoms with Crippen LogP contribution in [0.5, 0.6) is 0 Å². The van der Waals surface area contributed by atoms with Gasteiger partial charge in [-0.1, -0.05) is 6.92 Å². The first-order valence-corrected chi connectivity index (χ1v) is 4.21. The standard InChI is InChI=1S/C6H16OSi/c1-5(8)6(2,3)7-4/h5H,1-4,8H3. The van der Waals surface area contributed by atoms with Crippen LogP contribution in [-0.2, 0) is 4.74 Å². The van der Waals surface area contributed by atoms with E-state index in [9.17, 15) is 0 Å². The van der Waals surface area contributed by atoms with Crippen LogP contribution >= 0.6 is 0 Å². The van der Waals surface area contributed by atoms with Gasteiger partial charge in [-0.05, 0) is 19.4 Å². The quantitative estimate of drug-likeness (QED) is 0.500. The van der Waals surface area contributed by atoms with Crippen molar-refractivity contribution in [2.24, 2.45) is 0 Å². The molecule has 2 heteroatoms. The smallest absolute Gasteiger partial charge is 0.0616 e. The molecule has 0 aromatic rings. The predicted octanol–water partition coefficient (Wildman–Crippen LogP) is 0.585. The largest absolute Gasteiger partial charge is 0.379 e. The predicted molar refractivity (Wildman–Crippen MR) is 40.5 cm³/mol. The summed E-state index contributed by atoms with van der Waals surface area (Å²) in [6.45, 7) is 6.48. The molecule has 0 aliphatic carbocycles. The lowest BCUT2D eigenvalue weighted by Crippen LogP contribution is -2.27. The third-order valence-corrected chi connectivity index (χ3v) is 3.31. The van der Waals surface area contributed by atoms with Gasteiger partial charge in [-0.2, -0.15) is 0 Å². The van der Waals surface area contributed by atoms with E-state index in [1.54, 1.807) is 7.11 Å². The van der Waals surface area contributed by atoms with E-state index in [1.165, 1.54) is 10.2 Å².